The highest BCUT2D eigenvalue weighted by atomic mass is 16.1. The standard InChI is InChI=1S/C7H13N3O/c1-3-5-7(11)6(4-2)9-10-8/h6H,3-5H2,1-2H3/t6-/m0/s1. The van der Waals surface area contributed by atoms with E-state index in [1.54, 1.807) is 0 Å². The molecule has 0 aromatic rings. The van der Waals surface area contributed by atoms with Gasteiger partial charge in [0.15, 0.2) is 0 Å². The average Bonchev–Trinajstić information content (AvgIpc) is 2.00. The van der Waals surface area contributed by atoms with Crippen molar-refractivity contribution in [2.45, 2.75) is 39.2 Å². The van der Waals surface area contributed by atoms with Crippen LogP contribution in [0.15, 0.2) is 5.11 Å². The van der Waals surface area contributed by atoms with Crippen molar-refractivity contribution in [3.05, 3.63) is 10.4 Å². The van der Waals surface area contributed by atoms with Crippen LogP contribution in [0.25, 0.3) is 10.4 Å². The van der Waals surface area contributed by atoms with Gasteiger partial charge in [0.05, 0.1) is 6.04 Å². The van der Waals surface area contributed by atoms with Crippen LogP contribution >= 0.6 is 0 Å². The van der Waals surface area contributed by atoms with Crippen molar-refractivity contribution in [3.8, 4) is 0 Å². The summed E-state index contributed by atoms with van der Waals surface area (Å²) in [4.78, 5) is 13.7. The van der Waals surface area contributed by atoms with Crippen molar-refractivity contribution >= 4 is 5.78 Å². The van der Waals surface area contributed by atoms with Crippen LogP contribution in [-0.2, 0) is 4.79 Å². The largest absolute Gasteiger partial charge is 0.299 e. The Morgan fingerprint density at radius 1 is 1.64 bits per heavy atom. The van der Waals surface area contributed by atoms with E-state index >= 15 is 0 Å². The molecule has 0 aliphatic rings. The molecule has 0 aromatic carbocycles. The van der Waals surface area contributed by atoms with Gasteiger partial charge in [0.1, 0.15) is 5.78 Å². The maximum atomic E-state index is 11.1. The van der Waals surface area contributed by atoms with Gasteiger partial charge >= 0.3 is 0 Å². The summed E-state index contributed by atoms with van der Waals surface area (Å²) in [7, 11) is 0. The highest BCUT2D eigenvalue weighted by Gasteiger charge is 2.12. The van der Waals surface area contributed by atoms with E-state index in [1.165, 1.54) is 0 Å². The lowest BCUT2D eigenvalue weighted by molar-refractivity contribution is -0.120. The van der Waals surface area contributed by atoms with Gasteiger partial charge in [-0.25, -0.2) is 0 Å². The van der Waals surface area contributed by atoms with Crippen molar-refractivity contribution < 1.29 is 4.79 Å². The van der Waals surface area contributed by atoms with E-state index in [2.05, 4.69) is 10.0 Å². The maximum Gasteiger partial charge on any atom is 0.141 e. The molecule has 0 aliphatic heterocycles. The van der Waals surface area contributed by atoms with Crippen molar-refractivity contribution in [2.75, 3.05) is 0 Å². The Labute approximate surface area is 66.2 Å². The molecule has 0 aliphatic carbocycles. The molecule has 0 saturated heterocycles. The molecule has 4 nitrogen and oxygen atoms in total. The Morgan fingerprint density at radius 3 is 2.64 bits per heavy atom. The van der Waals surface area contributed by atoms with Gasteiger partial charge < -0.3 is 0 Å². The lowest BCUT2D eigenvalue weighted by atomic mass is 10.1. The van der Waals surface area contributed by atoms with Crippen molar-refractivity contribution in [1.29, 1.82) is 0 Å². The molecule has 0 aromatic heterocycles. The SMILES string of the molecule is CCCC(=O)[C@H](CC)N=[N+]=[N-]. The molecule has 4 heteroatoms. The molecule has 11 heavy (non-hydrogen) atoms. The molecule has 0 N–H and O–H groups in total. The molecule has 1 atom stereocenters. The average molecular weight is 155 g/mol. The van der Waals surface area contributed by atoms with Gasteiger partial charge in [-0.2, -0.15) is 0 Å². The van der Waals surface area contributed by atoms with Crippen LogP contribution < -0.4 is 0 Å². The summed E-state index contributed by atoms with van der Waals surface area (Å²) >= 11 is 0. The van der Waals surface area contributed by atoms with Crippen LogP contribution in [0.4, 0.5) is 0 Å². The second-order valence-electron chi connectivity index (χ2n) is 2.35. The maximum absolute atomic E-state index is 11.1. The quantitative estimate of drug-likeness (QED) is 0.341. The molecule has 0 spiro atoms. The molecule has 0 heterocycles. The third kappa shape index (κ3) is 3.63. The lowest BCUT2D eigenvalue weighted by Gasteiger charge is -2.04. The molecule has 0 rings (SSSR count). The monoisotopic (exact) mass is 155 g/mol. The van der Waals surface area contributed by atoms with Gasteiger partial charge in [0.25, 0.3) is 0 Å². The molecule has 0 saturated carbocycles. The minimum Gasteiger partial charge on any atom is -0.299 e. The van der Waals surface area contributed by atoms with Gasteiger partial charge in [0, 0.05) is 11.3 Å². The number of carbonyl (C=O) groups excluding carboxylic acids is 1. The Hall–Kier alpha value is -1.02. The predicted molar refractivity (Wildman–Crippen MR) is 43.1 cm³/mol. The number of nitrogens with zero attached hydrogens (tertiary/aromatic N) is 3. The Kier molecular flexibility index (Phi) is 5.21. The summed E-state index contributed by atoms with van der Waals surface area (Å²) in [5.74, 6) is 0.0489. The van der Waals surface area contributed by atoms with E-state index in [4.69, 9.17) is 5.53 Å². The van der Waals surface area contributed by atoms with E-state index < -0.39 is 6.04 Å². The Morgan fingerprint density at radius 2 is 2.27 bits per heavy atom. The molecular weight excluding hydrogens is 142 g/mol. The molecule has 0 bridgehead atoms. The van der Waals surface area contributed by atoms with Gasteiger partial charge in [0.2, 0.25) is 0 Å². The highest BCUT2D eigenvalue weighted by molar-refractivity contribution is 5.83. The second kappa shape index (κ2) is 5.74. The zero-order chi connectivity index (χ0) is 8.69. The van der Waals surface area contributed by atoms with Crippen molar-refractivity contribution in [3.63, 3.8) is 0 Å². The van der Waals surface area contributed by atoms with Crippen LogP contribution in [-0.4, -0.2) is 11.8 Å². The van der Waals surface area contributed by atoms with E-state index in [-0.39, 0.29) is 5.78 Å². The Bertz CT molecular complexity index is 173. The van der Waals surface area contributed by atoms with Gasteiger partial charge in [-0.3, -0.25) is 4.79 Å². The number of hydrogen-bond acceptors (Lipinski definition) is 2. The summed E-state index contributed by atoms with van der Waals surface area (Å²) in [6.07, 6.45) is 1.93. The predicted octanol–water partition coefficient (Wildman–Crippen LogP) is 2.44. The number of ketones is 1. The number of Topliss-reactive ketones (excluding diaryl/α,β-unsaturated/α-hetero) is 1. The summed E-state index contributed by atoms with van der Waals surface area (Å²) in [6, 6.07) is -0.444. The molecule has 0 unspecified atom stereocenters. The van der Waals surface area contributed by atoms with Gasteiger partial charge in [-0.1, -0.05) is 19.0 Å². The zero-order valence-corrected chi connectivity index (χ0v) is 6.95. The van der Waals surface area contributed by atoms with E-state index in [1.807, 2.05) is 13.8 Å². The fourth-order valence-corrected chi connectivity index (χ4v) is 0.849. The smallest absolute Gasteiger partial charge is 0.141 e. The first kappa shape index (κ1) is 9.98. The fourth-order valence-electron chi connectivity index (χ4n) is 0.849. The third-order valence-corrected chi connectivity index (χ3v) is 1.45. The fraction of sp³-hybridized carbons (Fsp3) is 0.857. The van der Waals surface area contributed by atoms with Crippen LogP contribution in [0, 0.1) is 0 Å². The van der Waals surface area contributed by atoms with Gasteiger partial charge in [-0.15, -0.1) is 0 Å². The number of azide groups is 1. The van der Waals surface area contributed by atoms with Crippen molar-refractivity contribution in [2.24, 2.45) is 5.11 Å². The zero-order valence-electron chi connectivity index (χ0n) is 6.95. The first-order valence-corrected chi connectivity index (χ1v) is 3.83. The van der Waals surface area contributed by atoms with E-state index in [9.17, 15) is 4.79 Å². The van der Waals surface area contributed by atoms with Gasteiger partial charge in [-0.05, 0) is 18.4 Å². The second-order valence-corrected chi connectivity index (χ2v) is 2.35. The summed E-state index contributed by atoms with van der Waals surface area (Å²) in [6.45, 7) is 3.77. The summed E-state index contributed by atoms with van der Waals surface area (Å²) in [5, 5.41) is 3.39. The van der Waals surface area contributed by atoms with E-state index in [0.29, 0.717) is 12.8 Å². The molecule has 62 valence electrons. The lowest BCUT2D eigenvalue weighted by Crippen LogP contribution is -2.15. The topological polar surface area (TPSA) is 65.8 Å². The number of hydrogen-bond donors (Lipinski definition) is 0. The molecule has 0 amide bonds. The number of carbonyl (C=O) groups is 1. The summed E-state index contributed by atoms with van der Waals surface area (Å²) in [5.41, 5.74) is 8.09. The van der Waals surface area contributed by atoms with Crippen molar-refractivity contribution in [1.82, 2.24) is 0 Å². The van der Waals surface area contributed by atoms with E-state index in [0.717, 1.165) is 6.42 Å². The summed E-state index contributed by atoms with van der Waals surface area (Å²) < 4.78 is 0. The normalized spacial score (nSPS) is 11.8. The van der Waals surface area contributed by atoms with Crippen LogP contribution in [0.3, 0.4) is 0 Å². The molecule has 0 fully saturated rings. The first-order chi connectivity index (χ1) is 5.26. The molecular formula is C7H13N3O. The van der Waals surface area contributed by atoms with Crippen LogP contribution in [0.2, 0.25) is 0 Å². The Balaban J connectivity index is 4.02. The molecule has 0 radical (unpaired) electrons. The van der Waals surface area contributed by atoms with Crippen LogP contribution in [0.1, 0.15) is 33.1 Å². The van der Waals surface area contributed by atoms with Crippen LogP contribution in [0.5, 0.6) is 0 Å². The minimum absolute atomic E-state index is 0.0489. The number of rotatable bonds is 5. The third-order valence-electron chi connectivity index (χ3n) is 1.45. The first-order valence-electron chi connectivity index (χ1n) is 3.83. The minimum atomic E-state index is -0.444. The highest BCUT2D eigenvalue weighted by Crippen LogP contribution is 2.03.